The van der Waals surface area contributed by atoms with E-state index < -0.39 is 8.07 Å². The van der Waals surface area contributed by atoms with Crippen LogP contribution in [-0.4, -0.2) is 6.16 Å². The number of hydrogen-bond acceptors (Lipinski definition) is 1. The number of anilines is 1. The van der Waals surface area contributed by atoms with Crippen LogP contribution in [0.3, 0.4) is 0 Å². The Kier molecular flexibility index (Phi) is 8.57. The first-order chi connectivity index (χ1) is 16.7. The second-order valence-electron chi connectivity index (χ2n) is 12.9. The van der Waals surface area contributed by atoms with Crippen molar-refractivity contribution in [3.8, 4) is 0 Å². The normalized spacial score (nSPS) is 14.0. The fourth-order valence-corrected chi connectivity index (χ4v) is 6.35. The molecular formula is C34H46NP. The third-order valence-corrected chi connectivity index (χ3v) is 8.74. The lowest BCUT2D eigenvalue weighted by Crippen LogP contribution is -2.23. The second-order valence-corrected chi connectivity index (χ2v) is 15.1. The monoisotopic (exact) mass is 499 g/mol. The number of rotatable bonds is 6. The van der Waals surface area contributed by atoms with E-state index in [9.17, 15) is 0 Å². The molecule has 3 aromatic carbocycles. The van der Waals surface area contributed by atoms with Crippen molar-refractivity contribution >= 4 is 25.1 Å². The van der Waals surface area contributed by atoms with Gasteiger partial charge in [0.05, 0.1) is 0 Å². The van der Waals surface area contributed by atoms with Crippen molar-refractivity contribution in [1.29, 1.82) is 0 Å². The van der Waals surface area contributed by atoms with Gasteiger partial charge in [0, 0.05) is 19.1 Å². The van der Waals surface area contributed by atoms with Crippen LogP contribution in [0.1, 0.15) is 97.1 Å². The van der Waals surface area contributed by atoms with Crippen molar-refractivity contribution in [3.63, 3.8) is 0 Å². The second kappa shape index (κ2) is 10.9. The third kappa shape index (κ3) is 6.89. The first-order valence-electron chi connectivity index (χ1n) is 13.3. The van der Waals surface area contributed by atoms with Crippen molar-refractivity contribution in [2.75, 3.05) is 11.2 Å². The predicted molar refractivity (Wildman–Crippen MR) is 164 cm³/mol. The molecule has 0 aliphatic heterocycles. The fraction of sp³-hybridized carbons (Fsp3) is 0.412. The highest BCUT2D eigenvalue weighted by Crippen LogP contribution is 2.54. The summed E-state index contributed by atoms with van der Waals surface area (Å²) in [6.45, 7) is 23.4. The molecule has 0 spiro atoms. The topological polar surface area (TPSA) is 12.0 Å². The zero-order valence-corrected chi connectivity index (χ0v) is 25.1. The minimum absolute atomic E-state index is 0.0222. The lowest BCUT2D eigenvalue weighted by Gasteiger charge is -2.36. The molecule has 36 heavy (non-hydrogen) atoms. The number of hydrogen-bond donors (Lipinski definition) is 1. The van der Waals surface area contributed by atoms with Crippen molar-refractivity contribution in [2.45, 2.75) is 85.5 Å². The molecule has 3 rings (SSSR count). The van der Waals surface area contributed by atoms with E-state index in [4.69, 9.17) is 0 Å². The summed E-state index contributed by atoms with van der Waals surface area (Å²) in [6, 6.07) is 26.6. The molecule has 0 aromatic heterocycles. The average Bonchev–Trinajstić information content (AvgIpc) is 2.80. The molecule has 2 heteroatoms. The van der Waals surface area contributed by atoms with Crippen LogP contribution in [0.15, 0.2) is 72.8 Å². The molecule has 0 radical (unpaired) electrons. The molecule has 0 amide bonds. The Morgan fingerprint density at radius 2 is 1.17 bits per heavy atom. The van der Waals surface area contributed by atoms with E-state index in [1.54, 1.807) is 0 Å². The van der Waals surface area contributed by atoms with Gasteiger partial charge in [-0.15, -0.1) is 0 Å². The number of nitrogens with one attached hydrogen (secondary N) is 1. The molecule has 0 aliphatic rings. The van der Waals surface area contributed by atoms with Crippen LogP contribution in [0, 0.1) is 0 Å². The highest BCUT2D eigenvalue weighted by Gasteiger charge is 2.30. The molecule has 0 saturated heterocycles. The Bertz CT molecular complexity index is 1130. The Hall–Kier alpha value is -2.37. The van der Waals surface area contributed by atoms with Crippen LogP contribution in [0.25, 0.3) is 11.4 Å². The van der Waals surface area contributed by atoms with Crippen LogP contribution in [0.5, 0.6) is 0 Å². The molecular weight excluding hydrogens is 453 g/mol. The predicted octanol–water partition coefficient (Wildman–Crippen LogP) is 10.6. The van der Waals surface area contributed by atoms with Crippen LogP contribution < -0.4 is 5.09 Å². The zero-order chi connectivity index (χ0) is 26.7. The summed E-state index contributed by atoms with van der Waals surface area (Å²) in [5, 5.41) is 5.56. The van der Waals surface area contributed by atoms with Gasteiger partial charge >= 0.3 is 0 Å². The maximum atomic E-state index is 4.17. The lowest BCUT2D eigenvalue weighted by atomic mass is 9.74. The van der Waals surface area contributed by atoms with Gasteiger partial charge in [0.2, 0.25) is 0 Å². The van der Waals surface area contributed by atoms with Crippen molar-refractivity contribution in [2.24, 2.45) is 0 Å². The minimum atomic E-state index is -0.651. The van der Waals surface area contributed by atoms with Gasteiger partial charge in [0.25, 0.3) is 0 Å². The third-order valence-electron chi connectivity index (χ3n) is 6.65. The fourth-order valence-electron chi connectivity index (χ4n) is 4.46. The van der Waals surface area contributed by atoms with Crippen LogP contribution in [0.4, 0.5) is 5.69 Å². The molecule has 0 fully saturated rings. The molecule has 0 heterocycles. The van der Waals surface area contributed by atoms with E-state index in [0.29, 0.717) is 0 Å². The van der Waals surface area contributed by atoms with E-state index in [0.717, 1.165) is 6.16 Å². The van der Waals surface area contributed by atoms with Gasteiger partial charge in [-0.3, -0.25) is 0 Å². The highest BCUT2D eigenvalue weighted by molar-refractivity contribution is 7.70. The maximum absolute atomic E-state index is 4.17. The van der Waals surface area contributed by atoms with E-state index >= 15 is 0 Å². The quantitative estimate of drug-likeness (QED) is 0.263. The summed E-state index contributed by atoms with van der Waals surface area (Å²) in [5.74, 6) is 0. The Balaban J connectivity index is 2.25. The Labute approximate surface area is 222 Å². The molecule has 1 nitrogen and oxygen atoms in total. The maximum Gasteiger partial charge on any atom is 0.0450 e. The van der Waals surface area contributed by atoms with E-state index in [-0.39, 0.29) is 16.2 Å². The van der Waals surface area contributed by atoms with Crippen molar-refractivity contribution in [3.05, 3.63) is 101 Å². The van der Waals surface area contributed by atoms with Crippen molar-refractivity contribution in [1.82, 2.24) is 0 Å². The highest BCUT2D eigenvalue weighted by atomic mass is 31.1. The first kappa shape index (κ1) is 28.2. The Morgan fingerprint density at radius 3 is 1.58 bits per heavy atom. The van der Waals surface area contributed by atoms with E-state index in [1.165, 1.54) is 38.8 Å². The zero-order valence-electron chi connectivity index (χ0n) is 24.2. The summed E-state index contributed by atoms with van der Waals surface area (Å²) in [4.78, 5) is 0. The summed E-state index contributed by atoms with van der Waals surface area (Å²) in [7, 11) is -0.651. The summed E-state index contributed by atoms with van der Waals surface area (Å²) < 4.78 is 0. The van der Waals surface area contributed by atoms with Crippen LogP contribution in [-0.2, 0) is 16.2 Å². The molecule has 0 saturated carbocycles. The van der Waals surface area contributed by atoms with Gasteiger partial charge in [-0.1, -0.05) is 142 Å². The van der Waals surface area contributed by atoms with E-state index in [1.807, 2.05) is 0 Å². The smallest absolute Gasteiger partial charge is 0.0450 e. The van der Waals surface area contributed by atoms with Crippen molar-refractivity contribution < 1.29 is 0 Å². The molecule has 1 N–H and O–H groups in total. The molecule has 3 aromatic rings. The largest absolute Gasteiger partial charge is 0.360 e. The number of benzene rings is 3. The molecule has 1 atom stereocenters. The van der Waals surface area contributed by atoms with Crippen LogP contribution in [0.2, 0.25) is 0 Å². The SMILES string of the molecule is CCP(Nc1c(C(C)(C)C)cc(C(C)(C)C)cc1C(C)(C)C)/C(=C/c1ccccc1)c1ccccc1. The minimum Gasteiger partial charge on any atom is -0.360 e. The molecule has 0 bridgehead atoms. The van der Waals surface area contributed by atoms with Gasteiger partial charge in [-0.25, -0.2) is 0 Å². The molecule has 0 aliphatic carbocycles. The molecule has 1 unspecified atom stereocenters. The Morgan fingerprint density at radius 1 is 0.694 bits per heavy atom. The van der Waals surface area contributed by atoms with Gasteiger partial charge in [-0.2, -0.15) is 0 Å². The summed E-state index contributed by atoms with van der Waals surface area (Å²) in [5.41, 5.74) is 8.23. The summed E-state index contributed by atoms with van der Waals surface area (Å²) in [6.07, 6.45) is 3.44. The summed E-state index contributed by atoms with van der Waals surface area (Å²) >= 11 is 0. The average molecular weight is 500 g/mol. The van der Waals surface area contributed by atoms with Gasteiger partial charge in [-0.05, 0) is 56.3 Å². The van der Waals surface area contributed by atoms with Gasteiger partial charge in [0.1, 0.15) is 0 Å². The first-order valence-corrected chi connectivity index (χ1v) is 14.8. The van der Waals surface area contributed by atoms with E-state index in [2.05, 4.69) is 153 Å². The lowest BCUT2D eigenvalue weighted by molar-refractivity contribution is 0.551. The molecule has 192 valence electrons. The van der Waals surface area contributed by atoms with Crippen LogP contribution >= 0.6 is 8.07 Å². The van der Waals surface area contributed by atoms with Gasteiger partial charge < -0.3 is 5.09 Å². The van der Waals surface area contributed by atoms with Gasteiger partial charge in [0.15, 0.2) is 0 Å². The standard InChI is InChI=1S/C34H46NP/c1-11-36(30(26-20-16-13-17-21-26)22-25-18-14-12-15-19-25)35-31-28(33(5,6)7)23-27(32(2,3)4)24-29(31)34(8,9)10/h12-24,35H,11H2,1-10H3/b30-22+.